The van der Waals surface area contributed by atoms with E-state index in [1.54, 1.807) is 0 Å². The smallest absolute Gasteiger partial charge is 0.276 e. The lowest BCUT2D eigenvalue weighted by Gasteiger charge is -2.41. The number of rotatable bonds is 4. The number of aromatic nitrogens is 4. The molecular formula is C38H48N8O6S2. The molecule has 4 aromatic rings. The molecule has 4 aliphatic heterocycles. The molecule has 2 saturated carbocycles. The van der Waals surface area contributed by atoms with Gasteiger partial charge >= 0.3 is 0 Å². The van der Waals surface area contributed by atoms with Crippen LogP contribution in [0.1, 0.15) is 74.6 Å². The number of nitrogens with zero attached hydrogens (tertiary/aromatic N) is 6. The zero-order valence-corrected chi connectivity index (χ0v) is 31.7. The molecule has 4 fully saturated rings. The highest BCUT2D eigenvalue weighted by atomic mass is 32.2. The van der Waals surface area contributed by atoms with Crippen molar-refractivity contribution < 1.29 is 27.0 Å². The Morgan fingerprint density at radius 3 is 1.33 bits per heavy atom. The minimum absolute atomic E-state index is 0.0874. The van der Waals surface area contributed by atoms with E-state index < -0.39 is 32.6 Å². The van der Waals surface area contributed by atoms with Gasteiger partial charge in [0.2, 0.25) is 0 Å². The quantitative estimate of drug-likeness (QED) is 0.242. The molecule has 10 rings (SSSR count). The second-order valence-electron chi connectivity index (χ2n) is 16.3. The van der Waals surface area contributed by atoms with Gasteiger partial charge in [0.05, 0.1) is 60.7 Å². The summed E-state index contributed by atoms with van der Waals surface area (Å²) in [4.78, 5) is 8.65. The highest BCUT2D eigenvalue weighted by molar-refractivity contribution is 7.87. The van der Waals surface area contributed by atoms with Crippen LogP contribution in [0.2, 0.25) is 0 Å². The maximum absolute atomic E-state index is 11.6. The first-order valence-corrected chi connectivity index (χ1v) is 22.0. The lowest BCUT2D eigenvalue weighted by Crippen LogP contribution is -2.49. The number of aliphatic hydroxyl groups excluding tert-OH is 2. The van der Waals surface area contributed by atoms with Crippen molar-refractivity contribution in [2.45, 2.75) is 75.7 Å². The molecule has 16 heteroatoms. The topological polar surface area (TPSA) is 203 Å². The standard InChI is InChI=1S/2C19H24N4O3S/c2*20-27(25,26)22-9-7-19(8-10-22)6-5-15(18(19)24)17-14-4-2-1-3-13(14)16-11-21-12-23(16)17/h2*1-4,11-12,15,17-18,24H,5-10H2,(H2,20,25,26)/t2*15-,17+,18+/m10/s1. The number of hydrogen-bond donors (Lipinski definition) is 4. The summed E-state index contributed by atoms with van der Waals surface area (Å²) in [6.07, 6.45) is 12.9. The summed E-state index contributed by atoms with van der Waals surface area (Å²) in [5.41, 5.74) is 6.65. The molecular weight excluding hydrogens is 729 g/mol. The Balaban J connectivity index is 0.000000142. The number of nitrogens with two attached hydrogens (primary N) is 2. The highest BCUT2D eigenvalue weighted by Gasteiger charge is 2.55. The largest absolute Gasteiger partial charge is 0.392 e. The fourth-order valence-corrected chi connectivity index (χ4v) is 12.6. The van der Waals surface area contributed by atoms with E-state index in [1.807, 2.05) is 49.3 Å². The number of hydrogen-bond acceptors (Lipinski definition) is 8. The molecule has 0 unspecified atom stereocenters. The van der Waals surface area contributed by atoms with Gasteiger partial charge in [0.1, 0.15) is 0 Å². The maximum Gasteiger partial charge on any atom is 0.276 e. The molecule has 0 bridgehead atoms. The SMILES string of the molecule is NS(=O)(=O)N1CCC2(CC[C@@H]([C@H]3c4ccccc4-c4cncn43)[C@H]2O)CC1.NS(=O)(=O)N1CCC2(CC[C@H]([C@@H]3c4ccccc4-c4cncn43)[C@@H]2O)CC1. The molecule has 288 valence electrons. The first-order valence-electron chi connectivity index (χ1n) is 19.0. The van der Waals surface area contributed by atoms with Crippen molar-refractivity contribution >= 4 is 20.4 Å². The molecule has 2 aliphatic carbocycles. The van der Waals surface area contributed by atoms with Gasteiger partial charge in [-0.1, -0.05) is 48.5 Å². The lowest BCUT2D eigenvalue weighted by molar-refractivity contribution is -0.0146. The first kappa shape index (κ1) is 36.2. The number of piperidine rings is 2. The summed E-state index contributed by atoms with van der Waals surface area (Å²) in [6, 6.07) is 16.9. The average Bonchev–Trinajstić information content (AvgIpc) is 4.00. The van der Waals surface area contributed by atoms with Gasteiger partial charge in [-0.05, 0) is 73.3 Å². The highest BCUT2D eigenvalue weighted by Crippen LogP contribution is 2.57. The molecule has 2 aromatic carbocycles. The maximum atomic E-state index is 11.6. The number of benzene rings is 2. The molecule has 0 amide bonds. The van der Waals surface area contributed by atoms with Crippen LogP contribution >= 0.6 is 0 Å². The van der Waals surface area contributed by atoms with E-state index in [0.717, 1.165) is 37.1 Å². The third kappa shape index (κ3) is 5.71. The first-order chi connectivity index (χ1) is 25.8. The summed E-state index contributed by atoms with van der Waals surface area (Å²) in [5.74, 6) is 0.199. The van der Waals surface area contributed by atoms with Crippen LogP contribution in [0.15, 0.2) is 73.6 Å². The monoisotopic (exact) mass is 776 g/mol. The predicted octanol–water partition coefficient (Wildman–Crippen LogP) is 3.02. The molecule has 54 heavy (non-hydrogen) atoms. The van der Waals surface area contributed by atoms with Crippen LogP contribution in [0.5, 0.6) is 0 Å². The van der Waals surface area contributed by atoms with Gasteiger partial charge in [0.25, 0.3) is 20.4 Å². The third-order valence-electron chi connectivity index (χ3n) is 14.0. The van der Waals surface area contributed by atoms with Crippen molar-refractivity contribution in [3.8, 4) is 22.5 Å². The van der Waals surface area contributed by atoms with Crippen LogP contribution in [-0.2, 0) is 20.4 Å². The lowest BCUT2D eigenvalue weighted by atomic mass is 9.73. The minimum Gasteiger partial charge on any atom is -0.392 e. The van der Waals surface area contributed by atoms with Gasteiger partial charge in [-0.2, -0.15) is 25.4 Å². The van der Waals surface area contributed by atoms with E-state index >= 15 is 0 Å². The van der Waals surface area contributed by atoms with Crippen LogP contribution in [0, 0.1) is 22.7 Å². The molecule has 0 radical (unpaired) electrons. The summed E-state index contributed by atoms with van der Waals surface area (Å²) in [6.45, 7) is 1.56. The molecule has 6 heterocycles. The summed E-state index contributed by atoms with van der Waals surface area (Å²) in [7, 11) is -7.30. The second-order valence-corrected chi connectivity index (χ2v) is 19.4. The van der Waals surface area contributed by atoms with Crippen molar-refractivity contribution in [2.75, 3.05) is 26.2 Å². The number of fused-ring (bicyclic) bond motifs is 6. The Kier molecular flexibility index (Phi) is 8.74. The van der Waals surface area contributed by atoms with Crippen LogP contribution < -0.4 is 10.3 Å². The number of aliphatic hydroxyl groups is 2. The van der Waals surface area contributed by atoms with E-state index in [-0.39, 0.29) is 34.7 Å². The van der Waals surface area contributed by atoms with Crippen molar-refractivity contribution in [3.05, 3.63) is 84.7 Å². The van der Waals surface area contributed by atoms with Gasteiger partial charge in [0.15, 0.2) is 0 Å². The van der Waals surface area contributed by atoms with E-state index in [9.17, 15) is 27.0 Å². The molecule has 2 saturated heterocycles. The molecule has 2 spiro atoms. The van der Waals surface area contributed by atoms with Gasteiger partial charge < -0.3 is 19.3 Å². The van der Waals surface area contributed by atoms with Crippen molar-refractivity contribution in [1.82, 2.24) is 27.7 Å². The Hall–Kier alpha value is -3.48. The summed E-state index contributed by atoms with van der Waals surface area (Å²) >= 11 is 0. The van der Waals surface area contributed by atoms with Gasteiger partial charge in [-0.3, -0.25) is 0 Å². The summed E-state index contributed by atoms with van der Waals surface area (Å²) < 4.78 is 53.5. The van der Waals surface area contributed by atoms with Crippen LogP contribution in [0.25, 0.3) is 22.5 Å². The molecule has 14 nitrogen and oxygen atoms in total. The van der Waals surface area contributed by atoms with Crippen molar-refractivity contribution in [1.29, 1.82) is 0 Å². The Morgan fingerprint density at radius 2 is 0.963 bits per heavy atom. The van der Waals surface area contributed by atoms with Crippen molar-refractivity contribution in [3.63, 3.8) is 0 Å². The normalized spacial score (nSPS) is 29.8. The van der Waals surface area contributed by atoms with E-state index in [4.69, 9.17) is 10.3 Å². The number of imidazole rings is 2. The molecule has 6 atom stereocenters. The Bertz CT molecular complexity index is 2120. The fraction of sp³-hybridized carbons (Fsp3) is 0.526. The predicted molar refractivity (Wildman–Crippen MR) is 202 cm³/mol. The van der Waals surface area contributed by atoms with Crippen LogP contribution in [0.3, 0.4) is 0 Å². The third-order valence-corrected chi connectivity index (χ3v) is 16.2. The van der Waals surface area contributed by atoms with Gasteiger partial charge in [-0.15, -0.1) is 0 Å². The molecule has 6 N–H and O–H groups in total. The second kappa shape index (κ2) is 13.0. The van der Waals surface area contributed by atoms with Crippen LogP contribution in [-0.4, -0.2) is 93.1 Å². The zero-order valence-electron chi connectivity index (χ0n) is 30.1. The van der Waals surface area contributed by atoms with E-state index in [2.05, 4.69) is 43.4 Å². The van der Waals surface area contributed by atoms with E-state index in [1.165, 1.54) is 30.9 Å². The van der Waals surface area contributed by atoms with Gasteiger partial charge in [-0.25, -0.2) is 20.2 Å². The Morgan fingerprint density at radius 1 is 0.593 bits per heavy atom. The van der Waals surface area contributed by atoms with Crippen molar-refractivity contribution in [2.24, 2.45) is 32.9 Å². The van der Waals surface area contributed by atoms with E-state index in [0.29, 0.717) is 51.9 Å². The molecule has 6 aliphatic rings. The van der Waals surface area contributed by atoms with Crippen LogP contribution in [0.4, 0.5) is 0 Å². The Labute approximate surface area is 316 Å². The minimum atomic E-state index is -3.65. The summed E-state index contributed by atoms with van der Waals surface area (Å²) in [5, 5.41) is 33.3. The average molecular weight is 777 g/mol. The fourth-order valence-electron chi connectivity index (χ4n) is 11.2. The molecule has 2 aromatic heterocycles. The van der Waals surface area contributed by atoms with Gasteiger partial charge in [0, 0.05) is 49.1 Å². The zero-order chi connectivity index (χ0) is 37.6.